The van der Waals surface area contributed by atoms with Gasteiger partial charge in [-0.3, -0.25) is 9.10 Å². The molecule has 0 spiro atoms. The van der Waals surface area contributed by atoms with Gasteiger partial charge < -0.3 is 10.1 Å². The largest absolute Gasteiger partial charge is 0.495 e. The number of methoxy groups -OCH3 is 1. The number of aryl methyl sites for hydroxylation is 1. The molecule has 0 aliphatic carbocycles. The monoisotopic (exact) mass is 328 g/mol. The van der Waals surface area contributed by atoms with Gasteiger partial charge in [-0.2, -0.15) is 0 Å². The lowest BCUT2D eigenvalue weighted by molar-refractivity contribution is -0.123. The summed E-state index contributed by atoms with van der Waals surface area (Å²) in [6.45, 7) is 5.84. The minimum absolute atomic E-state index is 0.107. The van der Waals surface area contributed by atoms with E-state index in [1.807, 2.05) is 13.0 Å². The molecule has 6 nitrogen and oxygen atoms in total. The number of hydrogen-bond donors (Lipinski definition) is 1. The summed E-state index contributed by atoms with van der Waals surface area (Å²) in [6.07, 6.45) is 1.14. The van der Waals surface area contributed by atoms with E-state index in [4.69, 9.17) is 4.74 Å². The number of sulfonamides is 1. The predicted octanol–water partition coefficient (Wildman–Crippen LogP) is 1.54. The number of amides is 1. The summed E-state index contributed by atoms with van der Waals surface area (Å²) in [4.78, 5) is 11.6. The van der Waals surface area contributed by atoms with E-state index in [0.29, 0.717) is 11.4 Å². The van der Waals surface area contributed by atoms with Crippen LogP contribution in [0, 0.1) is 12.8 Å². The van der Waals surface area contributed by atoms with Crippen LogP contribution in [0.25, 0.3) is 0 Å². The van der Waals surface area contributed by atoms with Crippen molar-refractivity contribution in [1.29, 1.82) is 0 Å². The van der Waals surface area contributed by atoms with Crippen molar-refractivity contribution in [1.82, 2.24) is 5.32 Å². The molecule has 0 saturated heterocycles. The minimum Gasteiger partial charge on any atom is -0.495 e. The molecule has 0 saturated carbocycles. The lowest BCUT2D eigenvalue weighted by Crippen LogP contribution is -2.39. The summed E-state index contributed by atoms with van der Waals surface area (Å²) in [6, 6.07) is 5.34. The van der Waals surface area contributed by atoms with Gasteiger partial charge in [0.2, 0.25) is 15.9 Å². The molecule has 0 heterocycles. The van der Waals surface area contributed by atoms with Crippen molar-refractivity contribution < 1.29 is 17.9 Å². The van der Waals surface area contributed by atoms with Crippen LogP contribution >= 0.6 is 0 Å². The number of carbonyl (C=O) groups is 1. The van der Waals surface area contributed by atoms with E-state index < -0.39 is 10.0 Å². The summed E-state index contributed by atoms with van der Waals surface area (Å²) in [7, 11) is -1.99. The zero-order valence-corrected chi connectivity index (χ0v) is 14.5. The van der Waals surface area contributed by atoms with Crippen molar-refractivity contribution in [2.45, 2.75) is 20.8 Å². The maximum absolute atomic E-state index is 12.1. The second kappa shape index (κ2) is 7.49. The molecule has 0 aromatic heterocycles. The quantitative estimate of drug-likeness (QED) is 0.824. The molecule has 1 aromatic rings. The molecule has 0 atom stereocenters. The minimum atomic E-state index is -3.48. The zero-order valence-electron chi connectivity index (χ0n) is 13.7. The first-order chi connectivity index (χ1) is 10.2. The van der Waals surface area contributed by atoms with Gasteiger partial charge in [-0.15, -0.1) is 0 Å². The van der Waals surface area contributed by atoms with Gasteiger partial charge in [0, 0.05) is 12.5 Å². The zero-order chi connectivity index (χ0) is 16.9. The van der Waals surface area contributed by atoms with Gasteiger partial charge in [-0.05, 0) is 24.6 Å². The fourth-order valence-corrected chi connectivity index (χ4v) is 2.87. The van der Waals surface area contributed by atoms with Crippen LogP contribution in [0.15, 0.2) is 18.2 Å². The number of benzene rings is 1. The van der Waals surface area contributed by atoms with E-state index in [0.717, 1.165) is 11.8 Å². The maximum Gasteiger partial charge on any atom is 0.232 e. The van der Waals surface area contributed by atoms with Crippen LogP contribution < -0.4 is 14.4 Å². The Morgan fingerprint density at radius 2 is 2.00 bits per heavy atom. The van der Waals surface area contributed by atoms with Crippen molar-refractivity contribution in [3.63, 3.8) is 0 Å². The molecule has 7 heteroatoms. The third-order valence-corrected chi connectivity index (χ3v) is 4.32. The third kappa shape index (κ3) is 4.91. The number of ether oxygens (including phenoxy) is 1. The first-order valence-corrected chi connectivity index (χ1v) is 8.91. The highest BCUT2D eigenvalue weighted by molar-refractivity contribution is 7.92. The molecule has 0 fully saturated rings. The Labute approximate surface area is 132 Å². The lowest BCUT2D eigenvalue weighted by Gasteiger charge is -2.25. The van der Waals surface area contributed by atoms with Gasteiger partial charge in [0.1, 0.15) is 5.75 Å². The van der Waals surface area contributed by atoms with Crippen LogP contribution in [0.3, 0.4) is 0 Å². The van der Waals surface area contributed by atoms with E-state index >= 15 is 0 Å². The summed E-state index contributed by atoms with van der Waals surface area (Å²) >= 11 is 0. The smallest absolute Gasteiger partial charge is 0.232 e. The first kappa shape index (κ1) is 18.3. The van der Waals surface area contributed by atoms with Gasteiger partial charge in [-0.1, -0.05) is 19.9 Å². The van der Waals surface area contributed by atoms with Crippen LogP contribution in [0.2, 0.25) is 0 Å². The van der Waals surface area contributed by atoms with Crippen molar-refractivity contribution in [3.05, 3.63) is 23.8 Å². The Morgan fingerprint density at radius 1 is 1.36 bits per heavy atom. The van der Waals surface area contributed by atoms with Gasteiger partial charge in [-0.25, -0.2) is 8.42 Å². The molecule has 0 aliphatic heterocycles. The molecule has 1 amide bonds. The van der Waals surface area contributed by atoms with Crippen LogP contribution in [-0.4, -0.2) is 40.8 Å². The average molecular weight is 328 g/mol. The Kier molecular flexibility index (Phi) is 6.22. The lowest BCUT2D eigenvalue weighted by atomic mass is 10.2. The molecule has 22 heavy (non-hydrogen) atoms. The molecular formula is C15H24N2O4S. The predicted molar refractivity (Wildman–Crippen MR) is 87.8 cm³/mol. The number of anilines is 1. The Morgan fingerprint density at radius 3 is 2.50 bits per heavy atom. The summed E-state index contributed by atoms with van der Waals surface area (Å²) < 4.78 is 30.7. The molecular weight excluding hydrogens is 304 g/mol. The number of hydrogen-bond acceptors (Lipinski definition) is 4. The van der Waals surface area contributed by atoms with Gasteiger partial charge in [0.25, 0.3) is 0 Å². The highest BCUT2D eigenvalue weighted by atomic mass is 32.2. The summed E-state index contributed by atoms with van der Waals surface area (Å²) in [5, 5.41) is 2.72. The summed E-state index contributed by atoms with van der Waals surface area (Å²) in [5.74, 6) is 0.232. The first-order valence-electron chi connectivity index (χ1n) is 7.07. The number of nitrogens with zero attached hydrogens (tertiary/aromatic N) is 1. The second-order valence-electron chi connectivity index (χ2n) is 5.46. The topological polar surface area (TPSA) is 75.7 Å². The average Bonchev–Trinajstić information content (AvgIpc) is 2.41. The summed E-state index contributed by atoms with van der Waals surface area (Å²) in [5.41, 5.74) is 1.40. The molecule has 0 bridgehead atoms. The molecule has 1 rings (SSSR count). The number of nitrogens with one attached hydrogen (secondary N) is 1. The molecule has 124 valence electrons. The van der Waals surface area contributed by atoms with Crippen molar-refractivity contribution in [2.75, 3.05) is 30.8 Å². The van der Waals surface area contributed by atoms with Gasteiger partial charge >= 0.3 is 0 Å². The second-order valence-corrected chi connectivity index (χ2v) is 7.36. The number of rotatable bonds is 7. The SMILES string of the molecule is COc1ccc(C)cc1N(CCNC(=O)C(C)C)S(C)(=O)=O. The maximum atomic E-state index is 12.1. The fourth-order valence-electron chi connectivity index (χ4n) is 1.94. The van der Waals surface area contributed by atoms with Crippen LogP contribution in [0.5, 0.6) is 5.75 Å². The van der Waals surface area contributed by atoms with Crippen LogP contribution in [0.4, 0.5) is 5.69 Å². The molecule has 0 unspecified atom stereocenters. The van der Waals surface area contributed by atoms with Crippen LogP contribution in [-0.2, 0) is 14.8 Å². The van der Waals surface area contributed by atoms with Gasteiger partial charge in [0.15, 0.2) is 0 Å². The fraction of sp³-hybridized carbons (Fsp3) is 0.533. The molecule has 0 aliphatic rings. The number of carbonyl (C=O) groups excluding carboxylic acids is 1. The normalized spacial score (nSPS) is 11.4. The van der Waals surface area contributed by atoms with Crippen LogP contribution in [0.1, 0.15) is 19.4 Å². The van der Waals surface area contributed by atoms with E-state index in [1.54, 1.807) is 26.0 Å². The van der Waals surface area contributed by atoms with Crippen molar-refractivity contribution in [2.24, 2.45) is 5.92 Å². The van der Waals surface area contributed by atoms with E-state index in [-0.39, 0.29) is 24.9 Å². The molecule has 1 N–H and O–H groups in total. The third-order valence-electron chi connectivity index (χ3n) is 3.14. The standard InChI is InChI=1S/C15H24N2O4S/c1-11(2)15(18)16-8-9-17(22(5,19)20)13-10-12(3)6-7-14(13)21-4/h6-7,10-11H,8-9H2,1-5H3,(H,16,18). The van der Waals surface area contributed by atoms with Gasteiger partial charge in [0.05, 0.1) is 25.6 Å². The van der Waals surface area contributed by atoms with E-state index in [1.165, 1.54) is 11.4 Å². The molecule has 1 aromatic carbocycles. The van der Waals surface area contributed by atoms with E-state index in [2.05, 4.69) is 5.32 Å². The van der Waals surface area contributed by atoms with E-state index in [9.17, 15) is 13.2 Å². The Balaban J connectivity index is 3.01. The highest BCUT2D eigenvalue weighted by Crippen LogP contribution is 2.30. The highest BCUT2D eigenvalue weighted by Gasteiger charge is 2.21. The Hall–Kier alpha value is -1.76. The van der Waals surface area contributed by atoms with Crippen molar-refractivity contribution >= 4 is 21.6 Å². The molecule has 0 radical (unpaired) electrons. The van der Waals surface area contributed by atoms with Crippen molar-refractivity contribution in [3.8, 4) is 5.75 Å². The Bertz CT molecular complexity index is 626.